The first-order chi connectivity index (χ1) is 7.82. The van der Waals surface area contributed by atoms with Gasteiger partial charge in [-0.15, -0.1) is 0 Å². The highest BCUT2D eigenvalue weighted by atomic mass is 19.2. The van der Waals surface area contributed by atoms with Crippen molar-refractivity contribution in [2.75, 3.05) is 0 Å². The van der Waals surface area contributed by atoms with Crippen LogP contribution in [0.2, 0.25) is 0 Å². The van der Waals surface area contributed by atoms with E-state index in [1.165, 1.54) is 0 Å². The van der Waals surface area contributed by atoms with Crippen LogP contribution in [0.25, 0.3) is 5.76 Å². The van der Waals surface area contributed by atoms with Crippen molar-refractivity contribution in [3.63, 3.8) is 0 Å². The lowest BCUT2D eigenvalue weighted by atomic mass is 10.1. The molecule has 0 aliphatic rings. The Bertz CT molecular complexity index is 523. The summed E-state index contributed by atoms with van der Waals surface area (Å²) in [5, 5.41) is 17.4. The molecule has 0 aliphatic heterocycles. The SMILES string of the molecule is O=C(O)C(=O)C=C(O)c1cc(F)c(F)cc1F. The van der Waals surface area contributed by atoms with Crippen molar-refractivity contribution in [1.82, 2.24) is 0 Å². The normalized spacial score (nSPS) is 11.4. The summed E-state index contributed by atoms with van der Waals surface area (Å²) in [7, 11) is 0. The third-order valence-corrected chi connectivity index (χ3v) is 1.76. The van der Waals surface area contributed by atoms with Gasteiger partial charge in [-0.3, -0.25) is 4.79 Å². The Morgan fingerprint density at radius 3 is 2.06 bits per heavy atom. The van der Waals surface area contributed by atoms with Crippen LogP contribution < -0.4 is 0 Å². The van der Waals surface area contributed by atoms with Gasteiger partial charge in [0.15, 0.2) is 11.6 Å². The minimum atomic E-state index is -1.88. The van der Waals surface area contributed by atoms with E-state index in [1.807, 2.05) is 0 Å². The van der Waals surface area contributed by atoms with Crippen molar-refractivity contribution >= 4 is 17.5 Å². The highest BCUT2D eigenvalue weighted by molar-refractivity contribution is 6.38. The Kier molecular flexibility index (Phi) is 3.52. The third kappa shape index (κ3) is 2.83. The zero-order chi connectivity index (χ0) is 13.2. The maximum absolute atomic E-state index is 13.1. The van der Waals surface area contributed by atoms with Crippen LogP contribution in [0.3, 0.4) is 0 Å². The second-order valence-electron chi connectivity index (χ2n) is 2.95. The first kappa shape index (κ1) is 12.8. The molecule has 0 atom stereocenters. The lowest BCUT2D eigenvalue weighted by Crippen LogP contribution is -2.10. The largest absolute Gasteiger partial charge is 0.507 e. The summed E-state index contributed by atoms with van der Waals surface area (Å²) >= 11 is 0. The molecular weight excluding hydrogens is 241 g/mol. The van der Waals surface area contributed by atoms with Gasteiger partial charge in [0.2, 0.25) is 0 Å². The molecule has 0 amide bonds. The average molecular weight is 246 g/mol. The van der Waals surface area contributed by atoms with Gasteiger partial charge in [-0.05, 0) is 6.07 Å². The third-order valence-electron chi connectivity index (χ3n) is 1.76. The molecule has 2 N–H and O–H groups in total. The van der Waals surface area contributed by atoms with Crippen LogP contribution in [0.4, 0.5) is 13.2 Å². The number of hydrogen-bond donors (Lipinski definition) is 2. The quantitative estimate of drug-likeness (QED) is 0.368. The Labute approximate surface area is 92.6 Å². The number of ketones is 1. The van der Waals surface area contributed by atoms with E-state index in [4.69, 9.17) is 5.11 Å². The lowest BCUT2D eigenvalue weighted by Gasteiger charge is -2.02. The Balaban J connectivity index is 3.21. The fourth-order valence-corrected chi connectivity index (χ4v) is 0.983. The molecule has 0 aliphatic carbocycles. The molecule has 7 heteroatoms. The summed E-state index contributed by atoms with van der Waals surface area (Å²) in [5.74, 6) is -8.73. The smallest absolute Gasteiger partial charge is 0.376 e. The van der Waals surface area contributed by atoms with Crippen LogP contribution in [0.5, 0.6) is 0 Å². The van der Waals surface area contributed by atoms with Gasteiger partial charge in [0.1, 0.15) is 11.6 Å². The van der Waals surface area contributed by atoms with E-state index in [0.29, 0.717) is 6.07 Å². The number of benzene rings is 1. The Morgan fingerprint density at radius 1 is 1.00 bits per heavy atom. The molecule has 0 spiro atoms. The van der Waals surface area contributed by atoms with Gasteiger partial charge in [0.05, 0.1) is 5.56 Å². The average Bonchev–Trinajstić information content (AvgIpc) is 2.22. The molecule has 0 saturated heterocycles. The number of hydrogen-bond acceptors (Lipinski definition) is 3. The molecule has 17 heavy (non-hydrogen) atoms. The summed E-state index contributed by atoms with van der Waals surface area (Å²) in [5.41, 5.74) is -0.807. The molecule has 0 aromatic heterocycles. The zero-order valence-corrected chi connectivity index (χ0v) is 8.08. The number of carboxylic acid groups (broad SMARTS) is 1. The van der Waals surface area contributed by atoms with Crippen molar-refractivity contribution < 1.29 is 33.0 Å². The van der Waals surface area contributed by atoms with Crippen LogP contribution in [0, 0.1) is 17.5 Å². The summed E-state index contributed by atoms with van der Waals surface area (Å²) in [6, 6.07) is 0.478. The molecule has 4 nitrogen and oxygen atoms in total. The van der Waals surface area contributed by atoms with Crippen molar-refractivity contribution in [3.8, 4) is 0 Å². The molecule has 1 rings (SSSR count). The topological polar surface area (TPSA) is 74.6 Å². The van der Waals surface area contributed by atoms with Gasteiger partial charge in [0, 0.05) is 12.1 Å². The van der Waals surface area contributed by atoms with Crippen LogP contribution in [0.15, 0.2) is 18.2 Å². The van der Waals surface area contributed by atoms with Gasteiger partial charge >= 0.3 is 5.97 Å². The maximum Gasteiger partial charge on any atom is 0.376 e. The highest BCUT2D eigenvalue weighted by Gasteiger charge is 2.16. The number of aliphatic carboxylic acids is 1. The molecule has 1 aromatic carbocycles. The van der Waals surface area contributed by atoms with Crippen molar-refractivity contribution in [2.45, 2.75) is 0 Å². The van der Waals surface area contributed by atoms with Crippen molar-refractivity contribution in [3.05, 3.63) is 41.2 Å². The number of halogens is 3. The number of carbonyl (C=O) groups is 2. The minimum Gasteiger partial charge on any atom is -0.507 e. The van der Waals surface area contributed by atoms with Crippen LogP contribution >= 0.6 is 0 Å². The molecular formula is C10H5F3O4. The second kappa shape index (κ2) is 4.69. The van der Waals surface area contributed by atoms with Gasteiger partial charge in [-0.25, -0.2) is 18.0 Å². The maximum atomic E-state index is 13.1. The molecule has 0 fully saturated rings. The minimum absolute atomic E-state index is 0.167. The summed E-state index contributed by atoms with van der Waals surface area (Å²) in [4.78, 5) is 20.8. The fraction of sp³-hybridized carbons (Fsp3) is 0. The van der Waals surface area contributed by atoms with E-state index < -0.39 is 40.5 Å². The molecule has 0 radical (unpaired) electrons. The molecule has 90 valence electrons. The summed E-state index contributed by atoms with van der Waals surface area (Å²) in [6.07, 6.45) is 0.193. The van der Waals surface area contributed by atoms with E-state index in [0.717, 1.165) is 0 Å². The number of rotatable bonds is 3. The van der Waals surface area contributed by atoms with Crippen LogP contribution in [-0.4, -0.2) is 22.0 Å². The van der Waals surface area contributed by atoms with E-state index in [-0.39, 0.29) is 12.1 Å². The lowest BCUT2D eigenvalue weighted by molar-refractivity contribution is -0.146. The first-order valence-corrected chi connectivity index (χ1v) is 4.15. The molecule has 0 bridgehead atoms. The second-order valence-corrected chi connectivity index (χ2v) is 2.95. The highest BCUT2D eigenvalue weighted by Crippen LogP contribution is 2.19. The van der Waals surface area contributed by atoms with Crippen LogP contribution in [-0.2, 0) is 9.59 Å². The fourth-order valence-electron chi connectivity index (χ4n) is 0.983. The summed E-state index contributed by atoms with van der Waals surface area (Å²) in [6.45, 7) is 0. The number of aliphatic hydroxyl groups excluding tert-OH is 1. The predicted octanol–water partition coefficient (Wildman–Crippen LogP) is 1.66. The molecule has 0 saturated carbocycles. The van der Waals surface area contributed by atoms with E-state index >= 15 is 0 Å². The van der Waals surface area contributed by atoms with Crippen molar-refractivity contribution in [2.24, 2.45) is 0 Å². The van der Waals surface area contributed by atoms with Gasteiger partial charge in [-0.1, -0.05) is 0 Å². The molecule has 0 heterocycles. The monoisotopic (exact) mass is 246 g/mol. The molecule has 1 aromatic rings. The van der Waals surface area contributed by atoms with Gasteiger partial charge < -0.3 is 10.2 Å². The number of aliphatic hydroxyl groups is 1. The van der Waals surface area contributed by atoms with E-state index in [1.54, 1.807) is 0 Å². The Hall–Kier alpha value is -2.31. The standard InChI is InChI=1S/C10H5F3O4/c11-5-2-7(13)6(12)1-4(5)8(14)3-9(15)10(16)17/h1-3,14H,(H,16,17). The predicted molar refractivity (Wildman–Crippen MR) is 49.6 cm³/mol. The zero-order valence-electron chi connectivity index (χ0n) is 8.08. The van der Waals surface area contributed by atoms with Crippen LogP contribution in [0.1, 0.15) is 5.56 Å². The van der Waals surface area contributed by atoms with Crippen molar-refractivity contribution in [1.29, 1.82) is 0 Å². The van der Waals surface area contributed by atoms with E-state index in [2.05, 4.69) is 0 Å². The first-order valence-electron chi connectivity index (χ1n) is 4.15. The number of carbonyl (C=O) groups excluding carboxylic acids is 1. The van der Waals surface area contributed by atoms with Gasteiger partial charge in [-0.2, -0.15) is 0 Å². The Morgan fingerprint density at radius 2 is 1.53 bits per heavy atom. The van der Waals surface area contributed by atoms with Gasteiger partial charge in [0.25, 0.3) is 5.78 Å². The van der Waals surface area contributed by atoms with E-state index in [9.17, 15) is 27.9 Å². The number of carboxylic acids is 1. The molecule has 0 unspecified atom stereocenters. The summed E-state index contributed by atoms with van der Waals surface area (Å²) < 4.78 is 38.3.